The van der Waals surface area contributed by atoms with E-state index < -0.39 is 0 Å². The van der Waals surface area contributed by atoms with E-state index in [0.29, 0.717) is 0 Å². The molecule has 0 bridgehead atoms. The molecule has 76 valence electrons. The van der Waals surface area contributed by atoms with Crippen molar-refractivity contribution in [2.45, 2.75) is 0 Å². The first kappa shape index (κ1) is 9.92. The van der Waals surface area contributed by atoms with E-state index >= 15 is 0 Å². The predicted octanol–water partition coefficient (Wildman–Crippen LogP) is 1.72. The van der Waals surface area contributed by atoms with Crippen LogP contribution in [0.3, 0.4) is 0 Å². The molecule has 15 heavy (non-hydrogen) atoms. The lowest BCUT2D eigenvalue weighted by atomic mass is 10.2. The number of nitrogens with zero attached hydrogens (tertiary/aromatic N) is 2. The van der Waals surface area contributed by atoms with Crippen LogP contribution < -0.4 is 0 Å². The quantitative estimate of drug-likeness (QED) is 0.713. The second-order valence-electron chi connectivity index (χ2n) is 2.92. The maximum atomic E-state index is 11.2. The third-order valence-electron chi connectivity index (χ3n) is 1.85. The number of carbonyl (C=O) groups excluding carboxylic acids is 2. The number of amides is 2. The Morgan fingerprint density at radius 1 is 1.27 bits per heavy atom. The molecule has 1 aliphatic rings. The lowest BCUT2D eigenvalue weighted by Crippen LogP contribution is -2.22. The second kappa shape index (κ2) is 4.27. The summed E-state index contributed by atoms with van der Waals surface area (Å²) < 4.78 is 0. The van der Waals surface area contributed by atoms with Crippen LogP contribution in [0.15, 0.2) is 35.4 Å². The molecule has 0 saturated carbocycles. The van der Waals surface area contributed by atoms with Crippen molar-refractivity contribution < 1.29 is 9.59 Å². The molecule has 2 amide bonds. The fourth-order valence-electron chi connectivity index (χ4n) is 1.12. The van der Waals surface area contributed by atoms with Gasteiger partial charge in [-0.25, -0.2) is 0 Å². The Hall–Kier alpha value is -1.62. The summed E-state index contributed by atoms with van der Waals surface area (Å²) >= 11 is 0.972. The van der Waals surface area contributed by atoms with Crippen molar-refractivity contribution in [1.29, 1.82) is 0 Å². The van der Waals surface area contributed by atoms with Gasteiger partial charge >= 0.3 is 5.24 Å². The average molecular weight is 220 g/mol. The summed E-state index contributed by atoms with van der Waals surface area (Å²) in [6.07, 6.45) is 1.50. The van der Waals surface area contributed by atoms with Crippen LogP contribution in [0.4, 0.5) is 4.79 Å². The molecule has 0 aromatic heterocycles. The third kappa shape index (κ3) is 2.24. The molecule has 0 aliphatic carbocycles. The van der Waals surface area contributed by atoms with Gasteiger partial charge in [-0.3, -0.25) is 9.59 Å². The van der Waals surface area contributed by atoms with E-state index in [1.54, 1.807) is 0 Å². The van der Waals surface area contributed by atoms with Crippen LogP contribution in [-0.4, -0.2) is 28.1 Å². The Morgan fingerprint density at radius 2 is 2.00 bits per heavy atom. The molecule has 1 aromatic carbocycles. The maximum Gasteiger partial charge on any atom is 0.309 e. The molecule has 0 atom stereocenters. The van der Waals surface area contributed by atoms with Crippen LogP contribution in [0.25, 0.3) is 0 Å². The van der Waals surface area contributed by atoms with Gasteiger partial charge in [-0.1, -0.05) is 42.1 Å². The highest BCUT2D eigenvalue weighted by Crippen LogP contribution is 2.18. The van der Waals surface area contributed by atoms with Crippen molar-refractivity contribution in [3.8, 4) is 0 Å². The standard InChI is InChI=1S/C10H8N2O2S/c13-9-7-15-10(14)12(9)11-6-8-4-2-1-3-5-8/h1-6H,7H2. The van der Waals surface area contributed by atoms with Crippen molar-refractivity contribution in [3.05, 3.63) is 35.9 Å². The Morgan fingerprint density at radius 3 is 2.60 bits per heavy atom. The Bertz CT molecular complexity index is 401. The molecule has 1 fully saturated rings. The zero-order valence-electron chi connectivity index (χ0n) is 7.79. The molecule has 1 heterocycles. The fourth-order valence-corrected chi connectivity index (χ4v) is 1.76. The monoisotopic (exact) mass is 220 g/mol. The number of hydrazone groups is 1. The Labute approximate surface area is 91.0 Å². The van der Waals surface area contributed by atoms with Gasteiger partial charge in [0.25, 0.3) is 5.91 Å². The first-order chi connectivity index (χ1) is 7.27. The second-order valence-corrected chi connectivity index (χ2v) is 3.84. The highest BCUT2D eigenvalue weighted by Gasteiger charge is 2.29. The van der Waals surface area contributed by atoms with Crippen molar-refractivity contribution in [1.82, 2.24) is 5.01 Å². The van der Waals surface area contributed by atoms with E-state index in [9.17, 15) is 9.59 Å². The number of rotatable bonds is 2. The molecule has 2 rings (SSSR count). The number of hydrogen-bond donors (Lipinski definition) is 0. The first-order valence-electron chi connectivity index (χ1n) is 4.36. The smallest absolute Gasteiger partial charge is 0.271 e. The summed E-state index contributed by atoms with van der Waals surface area (Å²) in [5, 5.41) is 4.43. The molecule has 0 spiro atoms. The van der Waals surface area contributed by atoms with Crippen molar-refractivity contribution in [2.24, 2.45) is 5.10 Å². The Balaban J connectivity index is 2.12. The topological polar surface area (TPSA) is 49.7 Å². The largest absolute Gasteiger partial charge is 0.309 e. The zero-order chi connectivity index (χ0) is 10.7. The van der Waals surface area contributed by atoms with E-state index in [1.807, 2.05) is 30.3 Å². The summed E-state index contributed by atoms with van der Waals surface area (Å²) in [5.74, 6) is -0.0810. The zero-order valence-corrected chi connectivity index (χ0v) is 8.61. The normalized spacial score (nSPS) is 16.7. The van der Waals surface area contributed by atoms with Gasteiger partial charge in [-0.2, -0.15) is 10.1 Å². The molecular formula is C10H8N2O2S. The number of hydrogen-bond acceptors (Lipinski definition) is 4. The van der Waals surface area contributed by atoms with Crippen LogP contribution in [0.5, 0.6) is 0 Å². The van der Waals surface area contributed by atoms with Gasteiger partial charge < -0.3 is 0 Å². The lowest BCUT2D eigenvalue weighted by Gasteiger charge is -2.03. The van der Waals surface area contributed by atoms with E-state index in [4.69, 9.17) is 0 Å². The summed E-state index contributed by atoms with van der Waals surface area (Å²) in [5.41, 5.74) is 0.856. The van der Waals surface area contributed by atoms with Gasteiger partial charge in [-0.15, -0.1) is 0 Å². The minimum absolute atomic E-state index is 0.185. The molecule has 1 saturated heterocycles. The van der Waals surface area contributed by atoms with E-state index in [2.05, 4.69) is 5.10 Å². The van der Waals surface area contributed by atoms with Crippen LogP contribution in [0.1, 0.15) is 5.56 Å². The van der Waals surface area contributed by atoms with Gasteiger partial charge in [0.05, 0.1) is 12.0 Å². The van der Waals surface area contributed by atoms with Crippen LogP contribution in [-0.2, 0) is 4.79 Å². The van der Waals surface area contributed by atoms with Crippen molar-refractivity contribution in [3.63, 3.8) is 0 Å². The van der Waals surface area contributed by atoms with E-state index in [1.165, 1.54) is 6.21 Å². The molecule has 0 radical (unpaired) electrons. The van der Waals surface area contributed by atoms with Gasteiger partial charge in [0.15, 0.2) is 0 Å². The Kier molecular flexibility index (Phi) is 2.82. The number of benzene rings is 1. The summed E-state index contributed by atoms with van der Waals surface area (Å²) in [6, 6.07) is 9.32. The molecule has 1 aromatic rings. The maximum absolute atomic E-state index is 11.2. The highest BCUT2D eigenvalue weighted by atomic mass is 32.2. The summed E-state index contributed by atoms with van der Waals surface area (Å²) in [6.45, 7) is 0. The molecule has 0 unspecified atom stereocenters. The van der Waals surface area contributed by atoms with Crippen LogP contribution >= 0.6 is 11.8 Å². The van der Waals surface area contributed by atoms with Crippen molar-refractivity contribution in [2.75, 3.05) is 5.75 Å². The third-order valence-corrected chi connectivity index (χ3v) is 2.66. The predicted molar refractivity (Wildman–Crippen MR) is 58.7 cm³/mol. The van der Waals surface area contributed by atoms with Gasteiger partial charge in [-0.05, 0) is 5.56 Å². The van der Waals surface area contributed by atoms with Gasteiger partial charge in [0.1, 0.15) is 0 Å². The van der Waals surface area contributed by atoms with Crippen LogP contribution in [0, 0.1) is 0 Å². The van der Waals surface area contributed by atoms with E-state index in [0.717, 1.165) is 22.3 Å². The number of imide groups is 1. The van der Waals surface area contributed by atoms with E-state index in [-0.39, 0.29) is 16.9 Å². The van der Waals surface area contributed by atoms with Crippen LogP contribution in [0.2, 0.25) is 0 Å². The number of thioether (sulfide) groups is 1. The molecule has 5 heteroatoms. The summed E-state index contributed by atoms with van der Waals surface area (Å²) in [7, 11) is 0. The highest BCUT2D eigenvalue weighted by molar-refractivity contribution is 8.14. The fraction of sp³-hybridized carbons (Fsp3) is 0.100. The lowest BCUT2D eigenvalue weighted by molar-refractivity contribution is -0.124. The SMILES string of the molecule is O=C1CSC(=O)N1N=Cc1ccccc1. The van der Waals surface area contributed by atoms with Gasteiger partial charge in [0, 0.05) is 0 Å². The summed E-state index contributed by atoms with van der Waals surface area (Å²) in [4.78, 5) is 22.3. The van der Waals surface area contributed by atoms with Gasteiger partial charge in [0.2, 0.25) is 0 Å². The van der Waals surface area contributed by atoms with Crippen molar-refractivity contribution >= 4 is 29.1 Å². The molecule has 4 nitrogen and oxygen atoms in total. The number of carbonyl (C=O) groups is 2. The molecule has 1 aliphatic heterocycles. The molecule has 0 N–H and O–H groups in total. The average Bonchev–Trinajstić information content (AvgIpc) is 2.58. The first-order valence-corrected chi connectivity index (χ1v) is 5.34. The minimum Gasteiger partial charge on any atom is -0.271 e. The molecular weight excluding hydrogens is 212 g/mol. The minimum atomic E-state index is -0.313.